The Labute approximate surface area is 113 Å². The van der Waals surface area contributed by atoms with Crippen LogP contribution in [-0.4, -0.2) is 48.5 Å². The third-order valence-corrected chi connectivity index (χ3v) is 3.10. The summed E-state index contributed by atoms with van der Waals surface area (Å²) in [5.74, 6) is -1.78. The molecule has 1 rings (SSSR count). The summed E-state index contributed by atoms with van der Waals surface area (Å²) in [6, 6.07) is -0.495. The van der Waals surface area contributed by atoms with Gasteiger partial charge in [0.25, 0.3) is 0 Å². The summed E-state index contributed by atoms with van der Waals surface area (Å²) in [6.45, 7) is 7.47. The van der Waals surface area contributed by atoms with Gasteiger partial charge in [-0.1, -0.05) is 13.8 Å². The first-order valence-electron chi connectivity index (χ1n) is 6.56. The highest BCUT2D eigenvalue weighted by molar-refractivity contribution is 6.04. The highest BCUT2D eigenvalue weighted by atomic mass is 16.6. The summed E-state index contributed by atoms with van der Waals surface area (Å²) < 4.78 is 9.85. The molecule has 0 spiro atoms. The predicted molar refractivity (Wildman–Crippen MR) is 67.5 cm³/mol. The second-order valence-corrected chi connectivity index (χ2v) is 4.76. The Hall–Kier alpha value is -1.59. The third kappa shape index (κ3) is 3.24. The number of Topliss-reactive ketones (excluding diaryl/α,β-unsaturated/α-hetero) is 1. The summed E-state index contributed by atoms with van der Waals surface area (Å²) >= 11 is 0. The number of amides is 1. The monoisotopic (exact) mass is 271 g/mol. The van der Waals surface area contributed by atoms with Gasteiger partial charge in [0.15, 0.2) is 5.78 Å². The zero-order chi connectivity index (χ0) is 14.6. The van der Waals surface area contributed by atoms with E-state index in [0.29, 0.717) is 0 Å². The van der Waals surface area contributed by atoms with E-state index < -0.39 is 24.0 Å². The van der Waals surface area contributed by atoms with Crippen LogP contribution in [0.15, 0.2) is 0 Å². The quantitative estimate of drug-likeness (QED) is 0.568. The molecule has 0 saturated carbocycles. The standard InChI is InChI=1S/C13H21NO5/c1-5-18-12(16)10-9(15)7-14(11(10)8(3)4)13(17)19-6-2/h8,10-11H,5-7H2,1-4H3. The number of esters is 1. The molecule has 0 radical (unpaired) electrons. The largest absolute Gasteiger partial charge is 0.465 e. The lowest BCUT2D eigenvalue weighted by Gasteiger charge is -2.28. The van der Waals surface area contributed by atoms with Crippen LogP contribution < -0.4 is 0 Å². The topological polar surface area (TPSA) is 72.9 Å². The Bertz CT molecular complexity index is 366. The molecular formula is C13H21NO5. The van der Waals surface area contributed by atoms with Gasteiger partial charge in [-0.25, -0.2) is 4.79 Å². The molecule has 6 heteroatoms. The molecule has 1 heterocycles. The van der Waals surface area contributed by atoms with Gasteiger partial charge in [-0.2, -0.15) is 0 Å². The average Bonchev–Trinajstić information content (AvgIpc) is 2.67. The van der Waals surface area contributed by atoms with Gasteiger partial charge in [-0.15, -0.1) is 0 Å². The molecular weight excluding hydrogens is 250 g/mol. The number of carbonyl (C=O) groups excluding carboxylic acids is 3. The van der Waals surface area contributed by atoms with Crippen LogP contribution in [0.3, 0.4) is 0 Å². The molecule has 0 aromatic carbocycles. The average molecular weight is 271 g/mol. The van der Waals surface area contributed by atoms with E-state index >= 15 is 0 Å². The van der Waals surface area contributed by atoms with Crippen LogP contribution in [0, 0.1) is 11.8 Å². The number of rotatable bonds is 4. The van der Waals surface area contributed by atoms with Crippen molar-refractivity contribution in [1.82, 2.24) is 4.90 Å². The fourth-order valence-corrected chi connectivity index (χ4v) is 2.38. The van der Waals surface area contributed by atoms with Crippen molar-refractivity contribution >= 4 is 17.8 Å². The van der Waals surface area contributed by atoms with Gasteiger partial charge in [0, 0.05) is 0 Å². The Kier molecular flexibility index (Phi) is 5.32. The molecule has 1 fully saturated rings. The van der Waals surface area contributed by atoms with E-state index in [0.717, 1.165) is 0 Å². The van der Waals surface area contributed by atoms with Gasteiger partial charge in [-0.3, -0.25) is 14.5 Å². The summed E-state index contributed by atoms with van der Waals surface area (Å²) in [7, 11) is 0. The molecule has 0 aliphatic carbocycles. The maximum Gasteiger partial charge on any atom is 0.410 e. The molecule has 1 amide bonds. The van der Waals surface area contributed by atoms with Crippen molar-refractivity contribution in [1.29, 1.82) is 0 Å². The van der Waals surface area contributed by atoms with Crippen LogP contribution >= 0.6 is 0 Å². The molecule has 0 aromatic heterocycles. The molecule has 0 aromatic rings. The Morgan fingerprint density at radius 3 is 2.32 bits per heavy atom. The number of ether oxygens (including phenoxy) is 2. The molecule has 2 unspecified atom stereocenters. The van der Waals surface area contributed by atoms with E-state index in [1.807, 2.05) is 13.8 Å². The molecule has 0 bridgehead atoms. The minimum atomic E-state index is -0.899. The van der Waals surface area contributed by atoms with Crippen molar-refractivity contribution in [2.24, 2.45) is 11.8 Å². The number of nitrogens with zero attached hydrogens (tertiary/aromatic N) is 1. The summed E-state index contributed by atoms with van der Waals surface area (Å²) in [5.41, 5.74) is 0. The Morgan fingerprint density at radius 2 is 1.84 bits per heavy atom. The van der Waals surface area contributed by atoms with Crippen molar-refractivity contribution in [2.75, 3.05) is 19.8 Å². The van der Waals surface area contributed by atoms with Crippen molar-refractivity contribution in [3.8, 4) is 0 Å². The number of likely N-dealkylation sites (tertiary alicyclic amines) is 1. The number of hydrogen-bond donors (Lipinski definition) is 0. The fourth-order valence-electron chi connectivity index (χ4n) is 2.38. The van der Waals surface area contributed by atoms with Gasteiger partial charge >= 0.3 is 12.1 Å². The van der Waals surface area contributed by atoms with E-state index in [-0.39, 0.29) is 31.5 Å². The van der Waals surface area contributed by atoms with E-state index in [1.165, 1.54) is 4.90 Å². The van der Waals surface area contributed by atoms with Gasteiger partial charge in [-0.05, 0) is 19.8 Å². The van der Waals surface area contributed by atoms with Gasteiger partial charge in [0.05, 0.1) is 25.8 Å². The van der Waals surface area contributed by atoms with Crippen LogP contribution in [0.4, 0.5) is 4.79 Å². The first-order chi connectivity index (χ1) is 8.93. The summed E-state index contributed by atoms with van der Waals surface area (Å²) in [6.07, 6.45) is -0.554. The lowest BCUT2D eigenvalue weighted by Crippen LogP contribution is -2.44. The SMILES string of the molecule is CCOC(=O)C1C(=O)CN(C(=O)OCC)C1C(C)C. The molecule has 0 N–H and O–H groups in total. The summed E-state index contributed by atoms with van der Waals surface area (Å²) in [4.78, 5) is 37.0. The minimum absolute atomic E-state index is 0.0368. The second kappa shape index (κ2) is 6.54. The molecule has 2 atom stereocenters. The van der Waals surface area contributed by atoms with E-state index in [4.69, 9.17) is 9.47 Å². The molecule has 108 valence electrons. The Morgan fingerprint density at radius 1 is 1.26 bits per heavy atom. The van der Waals surface area contributed by atoms with Gasteiger partial charge in [0.1, 0.15) is 5.92 Å². The maximum absolute atomic E-state index is 12.0. The van der Waals surface area contributed by atoms with Crippen LogP contribution in [0.5, 0.6) is 0 Å². The minimum Gasteiger partial charge on any atom is -0.465 e. The molecule has 1 aliphatic heterocycles. The lowest BCUT2D eigenvalue weighted by atomic mass is 9.90. The van der Waals surface area contributed by atoms with Crippen LogP contribution in [0.2, 0.25) is 0 Å². The van der Waals surface area contributed by atoms with Crippen molar-refractivity contribution in [3.05, 3.63) is 0 Å². The van der Waals surface area contributed by atoms with Crippen LogP contribution in [-0.2, 0) is 19.1 Å². The van der Waals surface area contributed by atoms with Crippen LogP contribution in [0.1, 0.15) is 27.7 Å². The van der Waals surface area contributed by atoms with Gasteiger partial charge < -0.3 is 9.47 Å². The van der Waals surface area contributed by atoms with Gasteiger partial charge in [0.2, 0.25) is 0 Å². The normalized spacial score (nSPS) is 22.8. The zero-order valence-corrected chi connectivity index (χ0v) is 11.8. The van der Waals surface area contributed by atoms with E-state index in [2.05, 4.69) is 0 Å². The number of carbonyl (C=O) groups is 3. The van der Waals surface area contributed by atoms with E-state index in [9.17, 15) is 14.4 Å². The van der Waals surface area contributed by atoms with E-state index in [1.54, 1.807) is 13.8 Å². The van der Waals surface area contributed by atoms with Crippen molar-refractivity contribution in [3.63, 3.8) is 0 Å². The third-order valence-electron chi connectivity index (χ3n) is 3.10. The zero-order valence-electron chi connectivity index (χ0n) is 11.8. The summed E-state index contributed by atoms with van der Waals surface area (Å²) in [5, 5.41) is 0. The Balaban J connectivity index is 2.96. The van der Waals surface area contributed by atoms with Crippen molar-refractivity contribution in [2.45, 2.75) is 33.7 Å². The molecule has 1 saturated heterocycles. The molecule has 19 heavy (non-hydrogen) atoms. The number of ketones is 1. The lowest BCUT2D eigenvalue weighted by molar-refractivity contribution is -0.151. The highest BCUT2D eigenvalue weighted by Crippen LogP contribution is 2.29. The van der Waals surface area contributed by atoms with Crippen LogP contribution in [0.25, 0.3) is 0 Å². The molecule has 6 nitrogen and oxygen atoms in total. The fraction of sp³-hybridized carbons (Fsp3) is 0.769. The maximum atomic E-state index is 12.0. The first-order valence-corrected chi connectivity index (χ1v) is 6.56. The predicted octanol–water partition coefficient (Wildman–Crippen LogP) is 1.23. The molecule has 1 aliphatic rings. The number of hydrogen-bond acceptors (Lipinski definition) is 5. The highest BCUT2D eigenvalue weighted by Gasteiger charge is 2.49. The van der Waals surface area contributed by atoms with Crippen molar-refractivity contribution < 1.29 is 23.9 Å². The smallest absolute Gasteiger partial charge is 0.410 e. The first kappa shape index (κ1) is 15.5. The second-order valence-electron chi connectivity index (χ2n) is 4.76.